The summed E-state index contributed by atoms with van der Waals surface area (Å²) in [5.41, 5.74) is -1.35. The highest BCUT2D eigenvalue weighted by Gasteiger charge is 2.26. The number of benzene rings is 1. The van der Waals surface area contributed by atoms with E-state index in [0.29, 0.717) is 12.1 Å². The summed E-state index contributed by atoms with van der Waals surface area (Å²) in [7, 11) is 0. The number of nitro benzene ring substituents is 1. The van der Waals surface area contributed by atoms with Crippen LogP contribution in [0.1, 0.15) is 13.8 Å². The normalized spacial score (nSPS) is 11.2. The van der Waals surface area contributed by atoms with E-state index < -0.39 is 38.2 Å². The summed E-state index contributed by atoms with van der Waals surface area (Å²) in [4.78, 5) is 21.1. The summed E-state index contributed by atoms with van der Waals surface area (Å²) in [6, 6.07) is 0.996. The molecule has 0 heterocycles. The van der Waals surface area contributed by atoms with Gasteiger partial charge in [-0.15, -0.1) is 0 Å². The van der Waals surface area contributed by atoms with Gasteiger partial charge in [0.1, 0.15) is 5.82 Å². The number of nitrogens with zero attached hydrogens (tertiary/aromatic N) is 1. The molecular formula is C10H9BrF2N2O3. The SMILES string of the molecule is CC(C)(Br)C(=O)Nc1cc([N+](=O)[O-])c(F)cc1F. The predicted octanol–water partition coefficient (Wildman–Crippen LogP) is 2.99. The minimum atomic E-state index is -1.30. The van der Waals surface area contributed by atoms with E-state index in [0.717, 1.165) is 0 Å². The van der Waals surface area contributed by atoms with Crippen LogP contribution in [-0.2, 0) is 4.79 Å². The Kier molecular flexibility index (Phi) is 4.00. The first-order chi connectivity index (χ1) is 8.12. The molecule has 0 radical (unpaired) electrons. The predicted molar refractivity (Wildman–Crippen MR) is 64.6 cm³/mol. The van der Waals surface area contributed by atoms with Crippen LogP contribution < -0.4 is 5.32 Å². The van der Waals surface area contributed by atoms with Crippen LogP contribution in [0.25, 0.3) is 0 Å². The largest absolute Gasteiger partial charge is 0.322 e. The van der Waals surface area contributed by atoms with Gasteiger partial charge >= 0.3 is 5.69 Å². The zero-order valence-corrected chi connectivity index (χ0v) is 11.0. The van der Waals surface area contributed by atoms with Gasteiger partial charge in [-0.1, -0.05) is 15.9 Å². The van der Waals surface area contributed by atoms with Gasteiger partial charge in [0, 0.05) is 12.1 Å². The number of nitro groups is 1. The number of hydrogen-bond acceptors (Lipinski definition) is 3. The van der Waals surface area contributed by atoms with Crippen molar-refractivity contribution < 1.29 is 18.5 Å². The van der Waals surface area contributed by atoms with Crippen LogP contribution in [0.5, 0.6) is 0 Å². The molecule has 0 aromatic heterocycles. The molecule has 0 atom stereocenters. The monoisotopic (exact) mass is 322 g/mol. The van der Waals surface area contributed by atoms with Gasteiger partial charge < -0.3 is 5.32 Å². The van der Waals surface area contributed by atoms with Gasteiger partial charge in [-0.3, -0.25) is 14.9 Å². The lowest BCUT2D eigenvalue weighted by Gasteiger charge is -2.16. The molecule has 1 aromatic carbocycles. The van der Waals surface area contributed by atoms with E-state index in [1.165, 1.54) is 13.8 Å². The first kappa shape index (κ1) is 14.5. The van der Waals surface area contributed by atoms with Gasteiger partial charge in [0.25, 0.3) is 0 Å². The smallest absolute Gasteiger partial charge is 0.307 e. The second-order valence-electron chi connectivity index (χ2n) is 3.97. The molecular weight excluding hydrogens is 314 g/mol. The van der Waals surface area contributed by atoms with Gasteiger partial charge in [-0.2, -0.15) is 4.39 Å². The van der Waals surface area contributed by atoms with Crippen LogP contribution in [0.4, 0.5) is 20.2 Å². The maximum atomic E-state index is 13.3. The number of halogens is 3. The van der Waals surface area contributed by atoms with Crippen LogP contribution in [0.15, 0.2) is 12.1 Å². The van der Waals surface area contributed by atoms with Crippen molar-refractivity contribution in [1.29, 1.82) is 0 Å². The van der Waals surface area contributed by atoms with Gasteiger partial charge in [0.2, 0.25) is 11.7 Å². The Balaban J connectivity index is 3.14. The number of anilines is 1. The van der Waals surface area contributed by atoms with Gasteiger partial charge in [0.15, 0.2) is 0 Å². The molecule has 0 saturated carbocycles. The Morgan fingerprint density at radius 1 is 1.39 bits per heavy atom. The first-order valence-corrected chi connectivity index (χ1v) is 5.56. The Morgan fingerprint density at radius 2 is 1.94 bits per heavy atom. The molecule has 0 fully saturated rings. The third-order valence-corrected chi connectivity index (χ3v) is 2.38. The number of carbonyl (C=O) groups excluding carboxylic acids is 1. The maximum absolute atomic E-state index is 13.3. The van der Waals surface area contributed by atoms with Crippen molar-refractivity contribution in [3.63, 3.8) is 0 Å². The van der Waals surface area contributed by atoms with Gasteiger partial charge in [-0.05, 0) is 13.8 Å². The fraction of sp³-hybridized carbons (Fsp3) is 0.300. The number of nitrogens with one attached hydrogen (secondary N) is 1. The second-order valence-corrected chi connectivity index (χ2v) is 5.95. The van der Waals surface area contributed by atoms with Crippen LogP contribution in [0.2, 0.25) is 0 Å². The Morgan fingerprint density at radius 3 is 2.39 bits per heavy atom. The molecule has 0 bridgehead atoms. The quantitative estimate of drug-likeness (QED) is 0.528. The molecule has 98 valence electrons. The van der Waals surface area contributed by atoms with E-state index >= 15 is 0 Å². The van der Waals surface area contributed by atoms with E-state index in [1.54, 1.807) is 0 Å². The maximum Gasteiger partial charge on any atom is 0.307 e. The molecule has 0 spiro atoms. The second kappa shape index (κ2) is 4.97. The highest BCUT2D eigenvalue weighted by molar-refractivity contribution is 9.10. The molecule has 1 N–H and O–H groups in total. The third kappa shape index (κ3) is 3.22. The average Bonchev–Trinajstić information content (AvgIpc) is 2.19. The minimum Gasteiger partial charge on any atom is -0.322 e. The highest BCUT2D eigenvalue weighted by Crippen LogP contribution is 2.26. The van der Waals surface area contributed by atoms with Crippen molar-refractivity contribution in [3.8, 4) is 0 Å². The van der Waals surface area contributed by atoms with Crippen molar-refractivity contribution in [2.75, 3.05) is 5.32 Å². The molecule has 1 rings (SSSR count). The lowest BCUT2D eigenvalue weighted by Crippen LogP contribution is -2.31. The third-order valence-electron chi connectivity index (χ3n) is 2.02. The molecule has 0 aliphatic carbocycles. The molecule has 18 heavy (non-hydrogen) atoms. The minimum absolute atomic E-state index is 0.356. The Bertz CT molecular complexity index is 515. The van der Waals surface area contributed by atoms with E-state index in [-0.39, 0.29) is 0 Å². The molecule has 1 amide bonds. The topological polar surface area (TPSA) is 72.2 Å². The van der Waals surface area contributed by atoms with Crippen LogP contribution in [0.3, 0.4) is 0 Å². The van der Waals surface area contributed by atoms with Gasteiger partial charge in [-0.25, -0.2) is 4.39 Å². The Labute approximate surface area is 109 Å². The number of carbonyl (C=O) groups is 1. The van der Waals surface area contributed by atoms with Crippen molar-refractivity contribution in [1.82, 2.24) is 0 Å². The lowest BCUT2D eigenvalue weighted by molar-refractivity contribution is -0.387. The molecule has 0 aliphatic heterocycles. The summed E-state index contributed by atoms with van der Waals surface area (Å²) in [5.74, 6) is -2.99. The van der Waals surface area contributed by atoms with Crippen molar-refractivity contribution >= 4 is 33.2 Å². The number of rotatable bonds is 3. The van der Waals surface area contributed by atoms with Crippen molar-refractivity contribution in [3.05, 3.63) is 33.9 Å². The fourth-order valence-corrected chi connectivity index (χ4v) is 1.14. The van der Waals surface area contributed by atoms with Crippen molar-refractivity contribution in [2.24, 2.45) is 0 Å². The molecule has 8 heteroatoms. The number of alkyl halides is 1. The van der Waals surface area contributed by atoms with Gasteiger partial charge in [0.05, 0.1) is 14.9 Å². The summed E-state index contributed by atoms with van der Waals surface area (Å²) in [6.07, 6.45) is 0. The summed E-state index contributed by atoms with van der Waals surface area (Å²) >= 11 is 3.05. The van der Waals surface area contributed by atoms with E-state index in [4.69, 9.17) is 0 Å². The highest BCUT2D eigenvalue weighted by atomic mass is 79.9. The van der Waals surface area contributed by atoms with Crippen LogP contribution in [-0.4, -0.2) is 15.2 Å². The van der Waals surface area contributed by atoms with E-state index in [9.17, 15) is 23.7 Å². The lowest BCUT2D eigenvalue weighted by atomic mass is 10.2. The van der Waals surface area contributed by atoms with E-state index in [2.05, 4.69) is 21.2 Å². The van der Waals surface area contributed by atoms with Crippen molar-refractivity contribution in [2.45, 2.75) is 18.2 Å². The zero-order chi connectivity index (χ0) is 14.1. The van der Waals surface area contributed by atoms with E-state index in [1.807, 2.05) is 0 Å². The standard InChI is InChI=1S/C10H9BrF2N2O3/c1-10(2,11)9(16)14-7-4-8(15(17)18)6(13)3-5(7)12/h3-4H,1-2H3,(H,14,16). The average molecular weight is 323 g/mol. The molecule has 5 nitrogen and oxygen atoms in total. The first-order valence-electron chi connectivity index (χ1n) is 4.76. The molecule has 0 saturated heterocycles. The zero-order valence-electron chi connectivity index (χ0n) is 9.46. The number of hydrogen-bond donors (Lipinski definition) is 1. The number of amides is 1. The molecule has 0 aliphatic rings. The van der Waals surface area contributed by atoms with Crippen LogP contribution >= 0.6 is 15.9 Å². The molecule has 1 aromatic rings. The Hall–Kier alpha value is -1.57. The summed E-state index contributed by atoms with van der Waals surface area (Å²) in [6.45, 7) is 3.02. The summed E-state index contributed by atoms with van der Waals surface area (Å²) < 4.78 is 25.4. The van der Waals surface area contributed by atoms with Crippen LogP contribution in [0, 0.1) is 21.7 Å². The fourth-order valence-electron chi connectivity index (χ4n) is 1.04. The summed E-state index contributed by atoms with van der Waals surface area (Å²) in [5, 5.41) is 12.6. The molecule has 0 unspecified atom stereocenters.